The van der Waals surface area contributed by atoms with Gasteiger partial charge in [0.1, 0.15) is 25.2 Å². The minimum atomic E-state index is -0.702. The Morgan fingerprint density at radius 3 is 2.42 bits per heavy atom. The predicted molar refractivity (Wildman–Crippen MR) is 129 cm³/mol. The Morgan fingerprint density at radius 2 is 1.79 bits per heavy atom. The zero-order chi connectivity index (χ0) is 23.2. The number of nitrogens with one attached hydrogen (secondary N) is 1. The number of benzene rings is 3. The number of hydrogen-bond donors (Lipinski definition) is 2. The maximum Gasteiger partial charge on any atom is 0.307 e. The van der Waals surface area contributed by atoms with Gasteiger partial charge in [-0.2, -0.15) is 0 Å². The summed E-state index contributed by atoms with van der Waals surface area (Å²) in [6, 6.07) is 24.0. The third kappa shape index (κ3) is 5.71. The summed E-state index contributed by atoms with van der Waals surface area (Å²) in [5.74, 6) is -0.00706. The van der Waals surface area contributed by atoms with Crippen LogP contribution in [0.25, 0.3) is 0 Å². The number of ether oxygens (including phenoxy) is 1. The van der Waals surface area contributed by atoms with Gasteiger partial charge in [-0.15, -0.1) is 0 Å². The van der Waals surface area contributed by atoms with Crippen LogP contribution in [0.4, 0.5) is 5.69 Å². The molecule has 4 rings (SSSR count). The Hall–Kier alpha value is -3.80. The fourth-order valence-electron chi connectivity index (χ4n) is 3.90. The Balaban J connectivity index is 1.29. The number of nitrogens with zero attached hydrogens (tertiary/aromatic N) is 1. The summed E-state index contributed by atoms with van der Waals surface area (Å²) in [6.07, 6.45) is 0.736. The molecule has 6 heteroatoms. The Morgan fingerprint density at radius 1 is 1.06 bits per heavy atom. The topological polar surface area (TPSA) is 80.2 Å². The van der Waals surface area contributed by atoms with Gasteiger partial charge < -0.3 is 20.0 Å². The summed E-state index contributed by atoms with van der Waals surface area (Å²) >= 11 is 0. The van der Waals surface area contributed by atoms with Crippen LogP contribution in [0.15, 0.2) is 78.0 Å². The maximum absolute atomic E-state index is 11.0. The first-order valence-corrected chi connectivity index (χ1v) is 11.0. The van der Waals surface area contributed by atoms with Gasteiger partial charge in [-0.05, 0) is 60.2 Å². The van der Waals surface area contributed by atoms with Gasteiger partial charge in [0.2, 0.25) is 0 Å². The van der Waals surface area contributed by atoms with Crippen LogP contribution in [0.1, 0.15) is 34.6 Å². The molecule has 170 valence electrons. The van der Waals surface area contributed by atoms with E-state index < -0.39 is 5.97 Å². The van der Waals surface area contributed by atoms with Crippen LogP contribution in [0.5, 0.6) is 5.75 Å². The third-order valence-corrected chi connectivity index (χ3v) is 5.90. The molecule has 1 saturated carbocycles. The molecule has 0 spiro atoms. The first-order chi connectivity index (χ1) is 16.0. The minimum Gasteiger partial charge on any atom is -0.487 e. The summed E-state index contributed by atoms with van der Waals surface area (Å²) in [4.78, 5) is 16.1. The number of aryl methyl sites for hydroxylation is 1. The van der Waals surface area contributed by atoms with Gasteiger partial charge >= 0.3 is 5.97 Å². The summed E-state index contributed by atoms with van der Waals surface area (Å²) in [5.41, 5.74) is 6.09. The lowest BCUT2D eigenvalue weighted by Crippen LogP contribution is -2.14. The van der Waals surface area contributed by atoms with Crippen molar-refractivity contribution < 1.29 is 19.5 Å². The molecule has 0 radical (unpaired) electrons. The van der Waals surface area contributed by atoms with Gasteiger partial charge in [0, 0.05) is 17.8 Å². The van der Waals surface area contributed by atoms with E-state index in [1.165, 1.54) is 7.11 Å². The molecule has 0 aliphatic heterocycles. The van der Waals surface area contributed by atoms with E-state index >= 15 is 0 Å². The van der Waals surface area contributed by atoms with Gasteiger partial charge in [0.15, 0.2) is 0 Å². The minimum absolute atomic E-state index is 0.157. The second-order valence-corrected chi connectivity index (χ2v) is 8.23. The zero-order valence-corrected chi connectivity index (χ0v) is 18.8. The molecule has 0 amide bonds. The SMILES string of the molecule is CO/N=C(/COc1ccc(CNc2ccc([C@@H]3C[C@H]3C(=O)O)cc2)cc1)c1ccccc1C. The van der Waals surface area contributed by atoms with Gasteiger partial charge in [0.05, 0.1) is 5.92 Å². The van der Waals surface area contributed by atoms with E-state index in [-0.39, 0.29) is 11.8 Å². The van der Waals surface area contributed by atoms with Crippen LogP contribution in [0.3, 0.4) is 0 Å². The summed E-state index contributed by atoms with van der Waals surface area (Å²) in [6.45, 7) is 3.03. The summed E-state index contributed by atoms with van der Waals surface area (Å²) < 4.78 is 5.94. The molecule has 0 unspecified atom stereocenters. The second kappa shape index (κ2) is 10.2. The molecule has 6 nitrogen and oxygen atoms in total. The number of oxime groups is 1. The zero-order valence-electron chi connectivity index (χ0n) is 18.8. The monoisotopic (exact) mass is 444 g/mol. The van der Waals surface area contributed by atoms with Crippen LogP contribution in [-0.2, 0) is 16.2 Å². The molecule has 0 aromatic heterocycles. The smallest absolute Gasteiger partial charge is 0.307 e. The molecule has 0 bridgehead atoms. The average Bonchev–Trinajstić information content (AvgIpc) is 3.63. The maximum atomic E-state index is 11.0. The van der Waals surface area contributed by atoms with Crippen molar-refractivity contribution in [3.8, 4) is 5.75 Å². The molecule has 2 N–H and O–H groups in total. The lowest BCUT2D eigenvalue weighted by atomic mass is 10.0. The van der Waals surface area contributed by atoms with Crippen molar-refractivity contribution in [2.24, 2.45) is 11.1 Å². The molecule has 1 aliphatic rings. The summed E-state index contributed by atoms with van der Waals surface area (Å²) in [7, 11) is 1.53. The van der Waals surface area contributed by atoms with E-state index in [9.17, 15) is 4.79 Å². The molecule has 1 fully saturated rings. The fraction of sp³-hybridized carbons (Fsp3) is 0.259. The number of carboxylic acids is 1. The molecule has 0 saturated heterocycles. The van der Waals surface area contributed by atoms with E-state index in [2.05, 4.69) is 10.5 Å². The van der Waals surface area contributed by atoms with Crippen LogP contribution >= 0.6 is 0 Å². The number of carboxylic acid groups (broad SMARTS) is 1. The van der Waals surface area contributed by atoms with Crippen molar-refractivity contribution in [1.82, 2.24) is 0 Å². The van der Waals surface area contributed by atoms with E-state index in [4.69, 9.17) is 14.7 Å². The first kappa shape index (κ1) is 22.4. The van der Waals surface area contributed by atoms with E-state index in [0.717, 1.165) is 45.8 Å². The Labute approximate surface area is 193 Å². The van der Waals surface area contributed by atoms with Gasteiger partial charge in [-0.25, -0.2) is 0 Å². The normalized spacial score (nSPS) is 17.3. The lowest BCUT2D eigenvalue weighted by molar-refractivity contribution is -0.138. The van der Waals surface area contributed by atoms with Crippen LogP contribution in [0, 0.1) is 12.8 Å². The molecule has 33 heavy (non-hydrogen) atoms. The quantitative estimate of drug-likeness (QED) is 0.331. The van der Waals surface area contributed by atoms with Crippen molar-refractivity contribution in [3.63, 3.8) is 0 Å². The third-order valence-electron chi connectivity index (χ3n) is 5.90. The first-order valence-electron chi connectivity index (χ1n) is 11.0. The number of aliphatic carboxylic acids is 1. The number of anilines is 1. The molecule has 0 heterocycles. The molecule has 3 aromatic rings. The average molecular weight is 445 g/mol. The molecule has 1 aliphatic carbocycles. The molecule has 3 aromatic carbocycles. The van der Waals surface area contributed by atoms with Crippen molar-refractivity contribution in [3.05, 3.63) is 95.1 Å². The highest BCUT2D eigenvalue weighted by Crippen LogP contribution is 2.47. The number of rotatable bonds is 10. The van der Waals surface area contributed by atoms with Gasteiger partial charge in [-0.3, -0.25) is 4.79 Å². The summed E-state index contributed by atoms with van der Waals surface area (Å²) in [5, 5.41) is 16.6. The van der Waals surface area contributed by atoms with E-state index in [0.29, 0.717) is 13.2 Å². The van der Waals surface area contributed by atoms with Crippen molar-refractivity contribution in [1.29, 1.82) is 0 Å². The largest absolute Gasteiger partial charge is 0.487 e. The molecule has 2 atom stereocenters. The van der Waals surface area contributed by atoms with Crippen LogP contribution in [0.2, 0.25) is 0 Å². The standard InChI is InChI=1S/C27H28N2O4/c1-18-5-3-4-6-23(18)26(29-32-2)17-33-22-13-7-19(8-14-22)16-28-21-11-9-20(10-12-21)24-15-25(24)27(30)31/h3-14,24-25,28H,15-17H2,1-2H3,(H,30,31)/b29-26-/t24-,25+/m0/s1. The Kier molecular flexibility index (Phi) is 6.93. The van der Waals surface area contributed by atoms with Crippen molar-refractivity contribution >= 4 is 17.4 Å². The van der Waals surface area contributed by atoms with Gasteiger partial charge in [-0.1, -0.05) is 53.7 Å². The highest BCUT2D eigenvalue weighted by molar-refractivity contribution is 6.02. The lowest BCUT2D eigenvalue weighted by Gasteiger charge is -2.12. The van der Waals surface area contributed by atoms with Crippen molar-refractivity contribution in [2.75, 3.05) is 19.0 Å². The number of hydrogen-bond acceptors (Lipinski definition) is 5. The Bertz CT molecular complexity index is 1120. The van der Waals surface area contributed by atoms with E-state index in [1.807, 2.05) is 79.7 Å². The molecular formula is C27H28N2O4. The van der Waals surface area contributed by atoms with Gasteiger partial charge in [0.25, 0.3) is 0 Å². The second-order valence-electron chi connectivity index (χ2n) is 8.23. The van der Waals surface area contributed by atoms with Crippen molar-refractivity contribution in [2.45, 2.75) is 25.8 Å². The highest BCUT2D eigenvalue weighted by Gasteiger charge is 2.43. The molecular weight excluding hydrogens is 416 g/mol. The van der Waals surface area contributed by atoms with E-state index in [1.54, 1.807) is 0 Å². The van der Waals surface area contributed by atoms with Crippen LogP contribution in [-0.4, -0.2) is 30.5 Å². The number of carbonyl (C=O) groups is 1. The van der Waals surface area contributed by atoms with Crippen LogP contribution < -0.4 is 10.1 Å². The fourth-order valence-corrected chi connectivity index (χ4v) is 3.90. The highest BCUT2D eigenvalue weighted by atomic mass is 16.6. The predicted octanol–water partition coefficient (Wildman–Crippen LogP) is 5.22.